The van der Waals surface area contributed by atoms with E-state index in [0.29, 0.717) is 64.9 Å². The van der Waals surface area contributed by atoms with Crippen molar-refractivity contribution in [1.82, 2.24) is 55.0 Å². The fourth-order valence-corrected chi connectivity index (χ4v) is 15.1. The van der Waals surface area contributed by atoms with Crippen molar-refractivity contribution in [1.29, 1.82) is 0 Å². The van der Waals surface area contributed by atoms with Crippen molar-refractivity contribution in [3.63, 3.8) is 0 Å². The van der Waals surface area contributed by atoms with Gasteiger partial charge in [-0.25, -0.2) is 17.9 Å². The van der Waals surface area contributed by atoms with Crippen LogP contribution in [0.4, 0.5) is 20.7 Å². The number of sulfonamides is 1. The summed E-state index contributed by atoms with van der Waals surface area (Å²) in [4.78, 5) is 88.7. The van der Waals surface area contributed by atoms with Gasteiger partial charge in [0.2, 0.25) is 20.3 Å². The molecule has 2 atom stereocenters. The number of hydrogen-bond acceptors (Lipinski definition) is 20. The van der Waals surface area contributed by atoms with Crippen molar-refractivity contribution in [2.45, 2.75) is 141 Å². The van der Waals surface area contributed by atoms with Crippen LogP contribution in [0.2, 0.25) is 0 Å². The van der Waals surface area contributed by atoms with E-state index < -0.39 is 27.6 Å². The molecule has 0 bridgehead atoms. The van der Waals surface area contributed by atoms with Gasteiger partial charge in [-0.1, -0.05) is 153 Å². The molecule has 2 unspecified atom stereocenters. The van der Waals surface area contributed by atoms with Crippen molar-refractivity contribution >= 4 is 125 Å². The number of imide groups is 1. The van der Waals surface area contributed by atoms with E-state index in [1.54, 1.807) is 17.7 Å². The fraction of sp³-hybridized carbons (Fsp3) is 0.366. The van der Waals surface area contributed by atoms with Gasteiger partial charge in [0, 0.05) is 72.4 Å². The van der Waals surface area contributed by atoms with Crippen LogP contribution in [0.5, 0.6) is 0 Å². The van der Waals surface area contributed by atoms with Gasteiger partial charge in [-0.15, -0.1) is 20.4 Å². The second-order valence-corrected chi connectivity index (χ2v) is 30.3. The lowest BCUT2D eigenvalue weighted by atomic mass is 9.73. The third-order valence-electron chi connectivity index (χ3n) is 16.7. The Morgan fingerprint density at radius 1 is 0.870 bits per heavy atom. The van der Waals surface area contributed by atoms with Crippen LogP contribution < -0.4 is 30.9 Å². The number of nitrogens with one attached hydrogen (secondary N) is 5. The van der Waals surface area contributed by atoms with E-state index in [9.17, 15) is 42.0 Å². The SMILES string of the molecule is CC(=O)CCn1cc(/C=C2/NC(=S)N(c3ccccc3)C2=O)c(-c2ccccc2)n1.CCc1nnc(NC(=O)c2ccc(S(=O)(=O)NCC(C)C)cc2)s1.CNc1nnc(SCC(=O)c2cc(C)n(C3CC3)c2C)s1.Cc1cccc(COC(=O)CN2C(=O)NC3(CCCCC3C)C2=O)c1. The minimum absolute atomic E-state index is 0.0750. The van der Waals surface area contributed by atoms with Gasteiger partial charge in [0.1, 0.15) is 35.2 Å². The molecule has 4 aromatic heterocycles. The van der Waals surface area contributed by atoms with Gasteiger partial charge in [-0.2, -0.15) is 5.10 Å². The summed E-state index contributed by atoms with van der Waals surface area (Å²) in [5, 5.41) is 34.3. The lowest BCUT2D eigenvalue weighted by Gasteiger charge is -2.36. The molecule has 2 saturated heterocycles. The number of nitrogens with zero attached hydrogens (tertiary/aromatic N) is 9. The Balaban J connectivity index is 0.000000157. The third-order valence-corrected chi connectivity index (χ3v) is 21.5. The molecule has 5 N–H and O–H groups in total. The molecule has 2 aliphatic carbocycles. The van der Waals surface area contributed by atoms with Crippen molar-refractivity contribution in [3.05, 3.63) is 171 Å². The van der Waals surface area contributed by atoms with E-state index in [-0.39, 0.29) is 59.2 Å². The zero-order valence-corrected chi connectivity index (χ0v) is 61.3. The summed E-state index contributed by atoms with van der Waals surface area (Å²) in [6.07, 6.45) is 10.7. The number of hydrogen-bond donors (Lipinski definition) is 5. The molecule has 29 heteroatoms. The highest BCUT2D eigenvalue weighted by Gasteiger charge is 2.55. The average molecular weight is 1450 g/mol. The number of carbonyl (C=O) groups excluding carboxylic acids is 7. The maximum Gasteiger partial charge on any atom is 0.326 e. The van der Waals surface area contributed by atoms with Crippen LogP contribution >= 0.6 is 46.7 Å². The molecular weight excluding hydrogens is 1370 g/mol. The average Bonchev–Trinajstić information content (AvgIpc) is 1.61. The molecule has 1 spiro atoms. The summed E-state index contributed by atoms with van der Waals surface area (Å²) in [6.45, 7) is 16.1. The van der Waals surface area contributed by atoms with E-state index in [0.717, 1.165) is 84.3 Å². The van der Waals surface area contributed by atoms with E-state index in [4.69, 9.17) is 17.0 Å². The number of para-hydroxylation sites is 1. The molecule has 2 saturated carbocycles. The molecule has 100 heavy (non-hydrogen) atoms. The zero-order valence-electron chi connectivity index (χ0n) is 57.2. The van der Waals surface area contributed by atoms with Gasteiger partial charge in [-0.3, -0.25) is 48.6 Å². The molecule has 12 rings (SSSR count). The molecule has 8 aromatic rings. The molecule has 2 aliphatic heterocycles. The van der Waals surface area contributed by atoms with Crippen LogP contribution in [0.1, 0.15) is 139 Å². The van der Waals surface area contributed by atoms with Gasteiger partial charge >= 0.3 is 12.0 Å². The summed E-state index contributed by atoms with van der Waals surface area (Å²) in [5.74, 6) is -0.481. The lowest BCUT2D eigenvalue weighted by molar-refractivity contribution is -0.149. The summed E-state index contributed by atoms with van der Waals surface area (Å²) in [5.41, 5.74) is 8.16. The molecule has 4 fully saturated rings. The number of ether oxygens (including phenoxy) is 1. The van der Waals surface area contributed by atoms with E-state index in [1.807, 2.05) is 146 Å². The van der Waals surface area contributed by atoms with Crippen LogP contribution in [-0.2, 0) is 53.5 Å². The topological polar surface area (TPSA) is 304 Å². The number of anilines is 3. The molecule has 6 heterocycles. The quantitative estimate of drug-likeness (QED) is 0.00992. The van der Waals surface area contributed by atoms with Crippen molar-refractivity contribution in [2.75, 3.05) is 41.4 Å². The Morgan fingerprint density at radius 3 is 2.22 bits per heavy atom. The number of aryl methyl sites for hydroxylation is 4. The smallest absolute Gasteiger partial charge is 0.326 e. The standard InChI is InChI=1S/C23H20N4O2S.C19H24N2O4.C15H20N4O3S2.C14H18N4OS2/c1-16(28)12-13-26-15-18(21(25-26)17-8-4-2-5-9-17)14-20-22(29)27(23(30)24-20)19-10-6-3-7-11-19;1-13-6-5-8-15(10-13)12-25-16(22)11-21-17(23)19(20-18(21)24)9-4-3-7-14(19)2;1-4-13-18-19-15(23-13)17-14(20)11-5-7-12(8-6-11)24(21,22)16-9-10(2)3;1-8-6-11(9(2)18(8)10-4-5-10)12(19)7-20-14-17-16-13(15-3)21-14/h2-11,14-15H,12-13H2,1H3,(H,24,30);5-6,8,10,14H,3-4,7,9,11-12H2,1-2H3,(H,20,24);5-8,10,16H,4,9H2,1-3H3,(H,17,19,20);6,10H,4-5,7H2,1-3H3,(H,15,16)/b20-14+;;;. The number of urea groups is 1. The van der Waals surface area contributed by atoms with Gasteiger partial charge < -0.3 is 25.3 Å². The number of Topliss-reactive ketones (excluding diaryl/α,β-unsaturated/α-hetero) is 2. The van der Waals surface area contributed by atoms with Gasteiger partial charge in [-0.05, 0) is 138 Å². The van der Waals surface area contributed by atoms with Crippen molar-refractivity contribution < 1.29 is 46.7 Å². The summed E-state index contributed by atoms with van der Waals surface area (Å²) in [7, 11) is -1.75. The number of amides is 5. The monoisotopic (exact) mass is 1450 g/mol. The Morgan fingerprint density at radius 2 is 1.58 bits per heavy atom. The normalized spacial score (nSPS) is 16.8. The van der Waals surface area contributed by atoms with Crippen LogP contribution in [0, 0.1) is 32.6 Å². The molecule has 24 nitrogen and oxygen atoms in total. The first-order chi connectivity index (χ1) is 47.9. The maximum absolute atomic E-state index is 13.0. The highest BCUT2D eigenvalue weighted by atomic mass is 32.2. The number of esters is 1. The first-order valence-corrected chi connectivity index (χ1v) is 37.4. The maximum atomic E-state index is 13.0. The van der Waals surface area contributed by atoms with Crippen LogP contribution in [0.25, 0.3) is 17.3 Å². The van der Waals surface area contributed by atoms with Crippen LogP contribution in [-0.4, -0.2) is 126 Å². The number of benzene rings is 4. The van der Waals surface area contributed by atoms with Crippen molar-refractivity contribution in [2.24, 2.45) is 11.8 Å². The van der Waals surface area contributed by atoms with Gasteiger partial charge in [0.15, 0.2) is 15.2 Å². The number of ketones is 2. The van der Waals surface area contributed by atoms with Gasteiger partial charge in [0.05, 0.1) is 22.0 Å². The lowest BCUT2D eigenvalue weighted by Crippen LogP contribution is -2.54. The molecule has 526 valence electrons. The minimum Gasteiger partial charge on any atom is -0.459 e. The van der Waals surface area contributed by atoms with E-state index >= 15 is 0 Å². The predicted molar refractivity (Wildman–Crippen MR) is 393 cm³/mol. The Labute approximate surface area is 599 Å². The van der Waals surface area contributed by atoms with Crippen LogP contribution in [0.3, 0.4) is 0 Å². The number of carbonyl (C=O) groups is 7. The molecule has 5 amide bonds. The third kappa shape index (κ3) is 19.4. The number of rotatable bonds is 23. The number of thiocarbonyl (C=S) groups is 1. The summed E-state index contributed by atoms with van der Waals surface area (Å²) in [6, 6.07) is 34.6. The number of thioether (sulfide) groups is 1. The number of aromatic nitrogens is 7. The summed E-state index contributed by atoms with van der Waals surface area (Å²) >= 11 is 9.63. The second kappa shape index (κ2) is 34.3. The summed E-state index contributed by atoms with van der Waals surface area (Å²) < 4.78 is 36.9. The van der Waals surface area contributed by atoms with Gasteiger partial charge in [0.25, 0.3) is 17.7 Å². The minimum atomic E-state index is -3.56. The second-order valence-electron chi connectivity index (χ2n) is 24.9. The first kappa shape index (κ1) is 75.1. The highest BCUT2D eigenvalue weighted by molar-refractivity contribution is 8.01. The van der Waals surface area contributed by atoms with E-state index in [2.05, 4.69) is 63.0 Å². The van der Waals surface area contributed by atoms with E-state index in [1.165, 1.54) is 82.1 Å². The predicted octanol–water partition coefficient (Wildman–Crippen LogP) is 11.9. The van der Waals surface area contributed by atoms with Crippen molar-refractivity contribution in [3.8, 4) is 11.3 Å². The molecular formula is C71H82N14O10S5. The Hall–Kier alpha value is -9.13. The Kier molecular flexibility index (Phi) is 25.7. The van der Waals surface area contributed by atoms with Crippen LogP contribution in [0.15, 0.2) is 136 Å². The first-order valence-electron chi connectivity index (χ1n) is 32.9. The molecule has 4 aromatic carbocycles. The fourth-order valence-electron chi connectivity index (χ4n) is 11.3. The largest absolute Gasteiger partial charge is 0.459 e. The molecule has 0 radical (unpaired) electrons. The highest BCUT2D eigenvalue weighted by Crippen LogP contribution is 2.40. The Bertz CT molecular complexity index is 4420. The molecule has 4 aliphatic rings. The zero-order chi connectivity index (χ0) is 71.8.